The van der Waals surface area contributed by atoms with Crippen molar-refractivity contribution in [2.75, 3.05) is 13.7 Å². The van der Waals surface area contributed by atoms with Crippen LogP contribution in [0.5, 0.6) is 5.75 Å². The maximum absolute atomic E-state index is 11.5. The molecule has 1 aliphatic rings. The number of aliphatic hydroxyl groups excluding tert-OH is 1. The van der Waals surface area contributed by atoms with Gasteiger partial charge in [-0.2, -0.15) is 0 Å². The van der Waals surface area contributed by atoms with E-state index in [1.54, 1.807) is 25.3 Å². The molecule has 1 aromatic carbocycles. The lowest BCUT2D eigenvalue weighted by Gasteiger charge is -2.13. The smallest absolute Gasteiger partial charge is 0.223 e. The summed E-state index contributed by atoms with van der Waals surface area (Å²) >= 11 is 3.37. The van der Waals surface area contributed by atoms with Crippen LogP contribution in [0.15, 0.2) is 22.7 Å². The van der Waals surface area contributed by atoms with Gasteiger partial charge in [0.2, 0.25) is 5.91 Å². The number of halogens is 1. The number of benzene rings is 1. The first-order valence-corrected chi connectivity index (χ1v) is 6.70. The Bertz CT molecular complexity index is 446. The summed E-state index contributed by atoms with van der Waals surface area (Å²) in [6, 6.07) is 5.37. The number of methoxy groups -OCH3 is 1. The molecule has 4 nitrogen and oxygen atoms in total. The molecule has 1 saturated carbocycles. The fourth-order valence-corrected chi connectivity index (χ4v) is 2.25. The predicted octanol–water partition coefficient (Wildman–Crippen LogP) is 2.02. The summed E-state index contributed by atoms with van der Waals surface area (Å²) in [6.07, 6.45) is 1.24. The molecular formula is C13H16BrNO3. The molecule has 1 amide bonds. The van der Waals surface area contributed by atoms with Gasteiger partial charge in [0.15, 0.2) is 0 Å². The molecule has 0 heterocycles. The van der Waals surface area contributed by atoms with Gasteiger partial charge in [-0.05, 0) is 46.5 Å². The largest absolute Gasteiger partial charge is 0.496 e. The summed E-state index contributed by atoms with van der Waals surface area (Å²) in [5, 5.41) is 12.7. The van der Waals surface area contributed by atoms with Crippen molar-refractivity contribution in [2.24, 2.45) is 5.92 Å². The standard InChI is InChI=1S/C13H16BrNO3/c1-18-12-5-4-9(6-10(12)14)11(16)7-15-13(17)8-2-3-8/h4-6,8,11,16H,2-3,7H2,1H3,(H,15,17). The number of aliphatic hydroxyl groups is 1. The number of hydrogen-bond acceptors (Lipinski definition) is 3. The number of ether oxygens (including phenoxy) is 1. The van der Waals surface area contributed by atoms with Gasteiger partial charge in [0.25, 0.3) is 0 Å². The number of amides is 1. The van der Waals surface area contributed by atoms with Gasteiger partial charge in [0, 0.05) is 12.5 Å². The second kappa shape index (κ2) is 5.71. The van der Waals surface area contributed by atoms with Crippen LogP contribution in [0.1, 0.15) is 24.5 Å². The summed E-state index contributed by atoms with van der Waals surface area (Å²) in [5.41, 5.74) is 0.749. The van der Waals surface area contributed by atoms with E-state index in [-0.39, 0.29) is 18.4 Å². The van der Waals surface area contributed by atoms with Crippen LogP contribution in [0.25, 0.3) is 0 Å². The molecule has 1 aliphatic carbocycles. The molecule has 1 unspecified atom stereocenters. The van der Waals surface area contributed by atoms with Crippen molar-refractivity contribution in [3.63, 3.8) is 0 Å². The van der Waals surface area contributed by atoms with Crippen LogP contribution in [0.3, 0.4) is 0 Å². The lowest BCUT2D eigenvalue weighted by molar-refractivity contribution is -0.122. The van der Waals surface area contributed by atoms with Crippen LogP contribution in [0, 0.1) is 5.92 Å². The van der Waals surface area contributed by atoms with E-state index in [4.69, 9.17) is 4.74 Å². The van der Waals surface area contributed by atoms with Crippen LogP contribution in [-0.2, 0) is 4.79 Å². The Morgan fingerprint density at radius 2 is 2.33 bits per heavy atom. The second-order valence-corrected chi connectivity index (χ2v) is 5.28. The van der Waals surface area contributed by atoms with E-state index < -0.39 is 6.10 Å². The van der Waals surface area contributed by atoms with Crippen LogP contribution >= 0.6 is 15.9 Å². The zero-order valence-electron chi connectivity index (χ0n) is 10.1. The molecule has 1 fully saturated rings. The number of carbonyl (C=O) groups excluding carboxylic acids is 1. The van der Waals surface area contributed by atoms with E-state index in [0.29, 0.717) is 5.75 Å². The monoisotopic (exact) mass is 313 g/mol. The third kappa shape index (κ3) is 3.23. The van der Waals surface area contributed by atoms with Gasteiger partial charge in [-0.3, -0.25) is 4.79 Å². The normalized spacial score (nSPS) is 16.2. The zero-order valence-corrected chi connectivity index (χ0v) is 11.7. The molecule has 0 radical (unpaired) electrons. The van der Waals surface area contributed by atoms with Crippen molar-refractivity contribution in [1.82, 2.24) is 5.32 Å². The summed E-state index contributed by atoms with van der Waals surface area (Å²) in [4.78, 5) is 11.5. The third-order valence-corrected chi connectivity index (χ3v) is 3.60. The average Bonchev–Trinajstić information content (AvgIpc) is 3.19. The highest BCUT2D eigenvalue weighted by atomic mass is 79.9. The van der Waals surface area contributed by atoms with Gasteiger partial charge < -0.3 is 15.2 Å². The van der Waals surface area contributed by atoms with Gasteiger partial charge in [-0.25, -0.2) is 0 Å². The first-order valence-electron chi connectivity index (χ1n) is 5.91. The van der Waals surface area contributed by atoms with E-state index in [1.165, 1.54) is 0 Å². The Balaban J connectivity index is 1.93. The third-order valence-electron chi connectivity index (χ3n) is 2.98. The van der Waals surface area contributed by atoms with Crippen LogP contribution in [-0.4, -0.2) is 24.7 Å². The minimum Gasteiger partial charge on any atom is -0.496 e. The molecule has 0 bridgehead atoms. The molecule has 1 aromatic rings. The molecule has 0 aliphatic heterocycles. The van der Waals surface area contributed by atoms with E-state index >= 15 is 0 Å². The molecule has 5 heteroatoms. The lowest BCUT2D eigenvalue weighted by Crippen LogP contribution is -2.29. The Hall–Kier alpha value is -1.07. The summed E-state index contributed by atoms with van der Waals surface area (Å²) < 4.78 is 5.91. The van der Waals surface area contributed by atoms with Gasteiger partial charge in [-0.15, -0.1) is 0 Å². The van der Waals surface area contributed by atoms with Crippen molar-refractivity contribution in [3.8, 4) is 5.75 Å². The first kappa shape index (κ1) is 13.4. The minimum atomic E-state index is -0.699. The van der Waals surface area contributed by atoms with Crippen molar-refractivity contribution in [2.45, 2.75) is 18.9 Å². The lowest BCUT2D eigenvalue weighted by atomic mass is 10.1. The van der Waals surface area contributed by atoms with Crippen LogP contribution in [0.2, 0.25) is 0 Å². The highest BCUT2D eigenvalue weighted by Gasteiger charge is 2.29. The zero-order chi connectivity index (χ0) is 13.1. The van der Waals surface area contributed by atoms with E-state index in [1.807, 2.05) is 0 Å². The number of carbonyl (C=O) groups is 1. The fraction of sp³-hybridized carbons (Fsp3) is 0.462. The Kier molecular flexibility index (Phi) is 4.24. The quantitative estimate of drug-likeness (QED) is 0.874. The maximum atomic E-state index is 11.5. The topological polar surface area (TPSA) is 58.6 Å². The molecule has 0 saturated heterocycles. The van der Waals surface area contributed by atoms with Crippen LogP contribution in [0.4, 0.5) is 0 Å². The van der Waals surface area contributed by atoms with Gasteiger partial charge in [0.05, 0.1) is 17.7 Å². The van der Waals surface area contributed by atoms with Crippen molar-refractivity contribution < 1.29 is 14.6 Å². The summed E-state index contributed by atoms with van der Waals surface area (Å²) in [5.74, 6) is 0.925. The van der Waals surface area contributed by atoms with E-state index in [9.17, 15) is 9.90 Å². The fourth-order valence-electron chi connectivity index (χ4n) is 1.69. The molecule has 2 N–H and O–H groups in total. The minimum absolute atomic E-state index is 0.0432. The highest BCUT2D eigenvalue weighted by Crippen LogP contribution is 2.30. The second-order valence-electron chi connectivity index (χ2n) is 4.43. The first-order chi connectivity index (χ1) is 8.61. The molecule has 2 rings (SSSR count). The average molecular weight is 314 g/mol. The molecule has 1 atom stereocenters. The number of hydrogen-bond donors (Lipinski definition) is 2. The molecule has 98 valence electrons. The Morgan fingerprint density at radius 3 is 2.89 bits per heavy atom. The van der Waals surface area contributed by atoms with Gasteiger partial charge in [-0.1, -0.05) is 6.07 Å². The van der Waals surface area contributed by atoms with Gasteiger partial charge in [0.1, 0.15) is 5.75 Å². The molecule has 0 aromatic heterocycles. The van der Waals surface area contributed by atoms with Crippen molar-refractivity contribution >= 4 is 21.8 Å². The highest BCUT2D eigenvalue weighted by molar-refractivity contribution is 9.10. The number of rotatable bonds is 5. The van der Waals surface area contributed by atoms with Crippen molar-refractivity contribution in [1.29, 1.82) is 0 Å². The summed E-state index contributed by atoms with van der Waals surface area (Å²) in [6.45, 7) is 0.244. The predicted molar refractivity (Wildman–Crippen MR) is 71.4 cm³/mol. The van der Waals surface area contributed by atoms with Crippen molar-refractivity contribution in [3.05, 3.63) is 28.2 Å². The molecule has 0 spiro atoms. The van der Waals surface area contributed by atoms with E-state index in [0.717, 1.165) is 22.9 Å². The number of nitrogens with one attached hydrogen (secondary N) is 1. The van der Waals surface area contributed by atoms with E-state index in [2.05, 4.69) is 21.2 Å². The Labute approximate surface area is 114 Å². The molecular weight excluding hydrogens is 298 g/mol. The summed E-state index contributed by atoms with van der Waals surface area (Å²) in [7, 11) is 1.59. The van der Waals surface area contributed by atoms with Gasteiger partial charge >= 0.3 is 0 Å². The Morgan fingerprint density at radius 1 is 1.61 bits per heavy atom. The SMILES string of the molecule is COc1ccc(C(O)CNC(=O)C2CC2)cc1Br. The molecule has 18 heavy (non-hydrogen) atoms. The van der Waals surface area contributed by atoms with Crippen LogP contribution < -0.4 is 10.1 Å². The maximum Gasteiger partial charge on any atom is 0.223 e.